The van der Waals surface area contributed by atoms with Gasteiger partial charge in [0.25, 0.3) is 0 Å². The molecule has 0 saturated heterocycles. The van der Waals surface area contributed by atoms with Crippen molar-refractivity contribution in [3.63, 3.8) is 0 Å². The summed E-state index contributed by atoms with van der Waals surface area (Å²) in [6, 6.07) is 1.07. The molecule has 0 fully saturated rings. The normalized spacial score (nSPS) is 13.5. The van der Waals surface area contributed by atoms with Crippen molar-refractivity contribution in [2.75, 3.05) is 18.5 Å². The summed E-state index contributed by atoms with van der Waals surface area (Å²) in [5.74, 6) is -1.10. The van der Waals surface area contributed by atoms with E-state index < -0.39 is 35.3 Å². The SMILES string of the molecule is OCC(O)CNc1cc(F)cc(C(F)(F)F)c1Cl. The van der Waals surface area contributed by atoms with Crippen molar-refractivity contribution in [2.24, 2.45) is 0 Å². The number of anilines is 1. The van der Waals surface area contributed by atoms with Crippen LogP contribution >= 0.6 is 11.6 Å². The molecule has 1 aromatic rings. The first-order valence-electron chi connectivity index (χ1n) is 4.84. The van der Waals surface area contributed by atoms with Crippen LogP contribution in [0.3, 0.4) is 0 Å². The zero-order valence-electron chi connectivity index (χ0n) is 8.93. The molecule has 0 amide bonds. The smallest absolute Gasteiger partial charge is 0.394 e. The fourth-order valence-corrected chi connectivity index (χ4v) is 1.50. The van der Waals surface area contributed by atoms with Gasteiger partial charge in [0.1, 0.15) is 5.82 Å². The molecule has 0 spiro atoms. The Labute approximate surface area is 105 Å². The molecule has 0 heterocycles. The van der Waals surface area contributed by atoms with E-state index in [1.807, 2.05) is 0 Å². The maximum absolute atomic E-state index is 13.0. The number of rotatable bonds is 4. The molecule has 0 aliphatic carbocycles. The van der Waals surface area contributed by atoms with E-state index in [1.165, 1.54) is 0 Å². The maximum atomic E-state index is 13.0. The van der Waals surface area contributed by atoms with Crippen molar-refractivity contribution in [1.82, 2.24) is 0 Å². The number of hydrogen-bond donors (Lipinski definition) is 3. The average Bonchev–Trinajstić information content (AvgIpc) is 2.27. The predicted molar refractivity (Wildman–Crippen MR) is 58.0 cm³/mol. The monoisotopic (exact) mass is 287 g/mol. The summed E-state index contributed by atoms with van der Waals surface area (Å²) in [6.07, 6.45) is -5.95. The quantitative estimate of drug-likeness (QED) is 0.745. The summed E-state index contributed by atoms with van der Waals surface area (Å²) in [6.45, 7) is -0.830. The molecule has 1 atom stereocenters. The summed E-state index contributed by atoms with van der Waals surface area (Å²) in [5, 5.41) is 19.2. The zero-order chi connectivity index (χ0) is 13.9. The Morgan fingerprint density at radius 1 is 1.33 bits per heavy atom. The second kappa shape index (κ2) is 5.73. The van der Waals surface area contributed by atoms with Crippen molar-refractivity contribution in [3.05, 3.63) is 28.5 Å². The van der Waals surface area contributed by atoms with Gasteiger partial charge in [-0.1, -0.05) is 11.6 Å². The molecule has 1 rings (SSSR count). The second-order valence-electron chi connectivity index (χ2n) is 3.53. The highest BCUT2D eigenvalue weighted by molar-refractivity contribution is 6.34. The molecule has 1 unspecified atom stereocenters. The zero-order valence-corrected chi connectivity index (χ0v) is 9.69. The molecule has 102 valence electrons. The fraction of sp³-hybridized carbons (Fsp3) is 0.400. The third kappa shape index (κ3) is 3.72. The number of halogens is 5. The van der Waals surface area contributed by atoms with Crippen molar-refractivity contribution < 1.29 is 27.8 Å². The van der Waals surface area contributed by atoms with E-state index in [9.17, 15) is 17.6 Å². The van der Waals surface area contributed by atoms with Crippen molar-refractivity contribution in [3.8, 4) is 0 Å². The predicted octanol–water partition coefficient (Wildman–Crippen LogP) is 2.26. The minimum atomic E-state index is -4.77. The first-order valence-corrected chi connectivity index (χ1v) is 5.22. The molecule has 18 heavy (non-hydrogen) atoms. The number of aliphatic hydroxyl groups is 2. The Bertz CT molecular complexity index is 425. The molecule has 3 nitrogen and oxygen atoms in total. The van der Waals surface area contributed by atoms with E-state index in [2.05, 4.69) is 5.32 Å². The van der Waals surface area contributed by atoms with Gasteiger partial charge in [0.05, 0.1) is 29.0 Å². The van der Waals surface area contributed by atoms with Crippen LogP contribution in [0.2, 0.25) is 5.02 Å². The molecule has 0 bridgehead atoms. The molecule has 0 radical (unpaired) electrons. The van der Waals surface area contributed by atoms with Crippen LogP contribution in [-0.2, 0) is 6.18 Å². The minimum Gasteiger partial charge on any atom is -0.394 e. The van der Waals surface area contributed by atoms with Gasteiger partial charge in [-0.2, -0.15) is 13.2 Å². The molecule has 0 aliphatic heterocycles. The molecule has 0 aliphatic rings. The van der Waals surface area contributed by atoms with Gasteiger partial charge in [-0.05, 0) is 12.1 Å². The minimum absolute atomic E-state index is 0.253. The highest BCUT2D eigenvalue weighted by Gasteiger charge is 2.34. The highest BCUT2D eigenvalue weighted by Crippen LogP contribution is 2.38. The van der Waals surface area contributed by atoms with Crippen molar-refractivity contribution in [2.45, 2.75) is 12.3 Å². The van der Waals surface area contributed by atoms with E-state index in [-0.39, 0.29) is 18.3 Å². The van der Waals surface area contributed by atoms with Gasteiger partial charge in [-0.3, -0.25) is 0 Å². The Morgan fingerprint density at radius 2 is 1.94 bits per heavy atom. The summed E-state index contributed by atoms with van der Waals surface area (Å²) >= 11 is 5.50. The lowest BCUT2D eigenvalue weighted by atomic mass is 10.1. The third-order valence-electron chi connectivity index (χ3n) is 2.08. The highest BCUT2D eigenvalue weighted by atomic mass is 35.5. The number of benzene rings is 1. The molecular formula is C10H10ClF4NO2. The maximum Gasteiger partial charge on any atom is 0.418 e. The van der Waals surface area contributed by atoms with E-state index in [1.54, 1.807) is 0 Å². The number of nitrogens with one attached hydrogen (secondary N) is 1. The Morgan fingerprint density at radius 3 is 2.44 bits per heavy atom. The first-order chi connectivity index (χ1) is 8.25. The number of alkyl halides is 3. The summed E-state index contributed by atoms with van der Waals surface area (Å²) < 4.78 is 50.6. The Kier molecular flexibility index (Phi) is 4.78. The molecule has 8 heteroatoms. The lowest BCUT2D eigenvalue weighted by Gasteiger charge is -2.15. The van der Waals surface area contributed by atoms with Gasteiger partial charge >= 0.3 is 6.18 Å². The van der Waals surface area contributed by atoms with E-state index in [4.69, 9.17) is 21.8 Å². The standard InChI is InChI=1S/C10H10ClF4NO2/c11-9-7(10(13,14)15)1-5(12)2-8(9)16-3-6(18)4-17/h1-2,6,16-18H,3-4H2. The molecule has 1 aromatic carbocycles. The van der Waals surface area contributed by atoms with Crippen molar-refractivity contribution in [1.29, 1.82) is 0 Å². The van der Waals surface area contributed by atoms with Crippen LogP contribution in [0.15, 0.2) is 12.1 Å². The number of aliphatic hydroxyl groups excluding tert-OH is 2. The van der Waals surface area contributed by atoms with Crippen LogP contribution in [0.25, 0.3) is 0 Å². The average molecular weight is 288 g/mol. The topological polar surface area (TPSA) is 52.5 Å². The lowest BCUT2D eigenvalue weighted by molar-refractivity contribution is -0.137. The molecule has 0 aromatic heterocycles. The van der Waals surface area contributed by atoms with Gasteiger partial charge in [-0.15, -0.1) is 0 Å². The van der Waals surface area contributed by atoms with E-state index in [0.717, 1.165) is 6.07 Å². The largest absolute Gasteiger partial charge is 0.418 e. The van der Waals surface area contributed by atoms with Crippen LogP contribution in [0.4, 0.5) is 23.2 Å². The molecule has 0 saturated carbocycles. The summed E-state index contributed by atoms with van der Waals surface area (Å²) in [4.78, 5) is 0. The van der Waals surface area contributed by atoms with Crippen LogP contribution in [0.1, 0.15) is 5.56 Å². The van der Waals surface area contributed by atoms with Crippen LogP contribution in [-0.4, -0.2) is 29.5 Å². The summed E-state index contributed by atoms with van der Waals surface area (Å²) in [7, 11) is 0. The summed E-state index contributed by atoms with van der Waals surface area (Å²) in [5.41, 5.74) is -1.60. The third-order valence-corrected chi connectivity index (χ3v) is 2.49. The van der Waals surface area contributed by atoms with Gasteiger partial charge in [0.15, 0.2) is 0 Å². The van der Waals surface area contributed by atoms with E-state index in [0.29, 0.717) is 0 Å². The Hall–Kier alpha value is -1.05. The van der Waals surface area contributed by atoms with Gasteiger partial charge < -0.3 is 15.5 Å². The van der Waals surface area contributed by atoms with Crippen LogP contribution in [0, 0.1) is 5.82 Å². The second-order valence-corrected chi connectivity index (χ2v) is 3.91. The number of hydrogen-bond acceptors (Lipinski definition) is 3. The van der Waals surface area contributed by atoms with Gasteiger partial charge in [0, 0.05) is 6.54 Å². The molecular weight excluding hydrogens is 278 g/mol. The van der Waals surface area contributed by atoms with Gasteiger partial charge in [0.2, 0.25) is 0 Å². The van der Waals surface area contributed by atoms with Crippen LogP contribution in [0.5, 0.6) is 0 Å². The fourth-order valence-electron chi connectivity index (χ4n) is 1.22. The van der Waals surface area contributed by atoms with Crippen LogP contribution < -0.4 is 5.32 Å². The molecule has 3 N–H and O–H groups in total. The van der Waals surface area contributed by atoms with Crippen molar-refractivity contribution >= 4 is 17.3 Å². The van der Waals surface area contributed by atoms with Gasteiger partial charge in [-0.25, -0.2) is 4.39 Å². The van der Waals surface area contributed by atoms with E-state index >= 15 is 0 Å². The lowest BCUT2D eigenvalue weighted by Crippen LogP contribution is -2.23. The Balaban J connectivity index is 3.02. The first kappa shape index (κ1) is 15.0.